The molecule has 1 aliphatic rings. The number of hydrogen-bond donors (Lipinski definition) is 0. The third kappa shape index (κ3) is 2.47. The van der Waals surface area contributed by atoms with Crippen molar-refractivity contribution in [3.8, 4) is 5.75 Å². The van der Waals surface area contributed by atoms with Crippen LogP contribution in [0.1, 0.15) is 11.4 Å². The van der Waals surface area contributed by atoms with Crippen molar-refractivity contribution in [2.24, 2.45) is 5.10 Å². The van der Waals surface area contributed by atoms with Gasteiger partial charge in [0.1, 0.15) is 23.0 Å². The van der Waals surface area contributed by atoms with E-state index in [0.717, 1.165) is 21.7 Å². The van der Waals surface area contributed by atoms with Crippen LogP contribution in [0, 0.1) is 6.92 Å². The Labute approximate surface area is 136 Å². The first-order valence-electron chi connectivity index (χ1n) is 7.16. The minimum Gasteiger partial charge on any atom is -0.488 e. The van der Waals surface area contributed by atoms with Crippen molar-refractivity contribution < 1.29 is 4.74 Å². The molecule has 114 valence electrons. The molecule has 1 aromatic carbocycles. The van der Waals surface area contributed by atoms with Gasteiger partial charge in [-0.25, -0.2) is 4.98 Å². The smallest absolute Gasteiger partial charge is 0.282 e. The first-order chi connectivity index (χ1) is 11.2. The lowest BCUT2D eigenvalue weighted by atomic mass is 10.1. The molecule has 0 radical (unpaired) electrons. The Morgan fingerprint density at radius 2 is 2.22 bits per heavy atom. The molecular weight excluding hydrogens is 310 g/mol. The average molecular weight is 323 g/mol. The van der Waals surface area contributed by atoms with Gasteiger partial charge in [-0.15, -0.1) is 11.3 Å². The predicted molar refractivity (Wildman–Crippen MR) is 92.4 cm³/mol. The highest BCUT2D eigenvalue weighted by Gasteiger charge is 2.11. The molecule has 0 bridgehead atoms. The van der Waals surface area contributed by atoms with Crippen molar-refractivity contribution in [1.29, 1.82) is 0 Å². The molecule has 0 fully saturated rings. The van der Waals surface area contributed by atoms with Crippen molar-refractivity contribution in [2.45, 2.75) is 6.92 Å². The number of aryl methyl sites for hydroxylation is 1. The Morgan fingerprint density at radius 1 is 1.35 bits per heavy atom. The molecule has 0 unspecified atom stereocenters. The van der Waals surface area contributed by atoms with Crippen LogP contribution in [0.4, 0.5) is 0 Å². The fourth-order valence-electron chi connectivity index (χ4n) is 2.48. The molecule has 2 aromatic heterocycles. The number of para-hydroxylation sites is 1. The van der Waals surface area contributed by atoms with Gasteiger partial charge in [-0.2, -0.15) is 9.78 Å². The summed E-state index contributed by atoms with van der Waals surface area (Å²) in [4.78, 5) is 17.6. The summed E-state index contributed by atoms with van der Waals surface area (Å²) in [5.41, 5.74) is 1.76. The Kier molecular flexibility index (Phi) is 3.31. The summed E-state index contributed by atoms with van der Waals surface area (Å²) in [6.45, 7) is 2.21. The van der Waals surface area contributed by atoms with E-state index >= 15 is 0 Å². The minimum atomic E-state index is -0.150. The molecule has 1 aliphatic heterocycles. The number of nitrogens with zero attached hydrogens (tertiary/aromatic N) is 3. The van der Waals surface area contributed by atoms with Gasteiger partial charge < -0.3 is 4.74 Å². The topological polar surface area (TPSA) is 56.5 Å². The Hall–Kier alpha value is -2.73. The molecule has 0 spiro atoms. The largest absolute Gasteiger partial charge is 0.488 e. The zero-order valence-electron chi connectivity index (χ0n) is 12.4. The molecule has 0 saturated carbocycles. The summed E-state index contributed by atoms with van der Waals surface area (Å²) < 4.78 is 7.01. The summed E-state index contributed by atoms with van der Waals surface area (Å²) >= 11 is 1.46. The molecule has 3 aromatic rings. The van der Waals surface area contributed by atoms with E-state index < -0.39 is 0 Å². The van der Waals surface area contributed by atoms with Gasteiger partial charge in [0, 0.05) is 11.1 Å². The molecule has 0 atom stereocenters. The monoisotopic (exact) mass is 323 g/mol. The van der Waals surface area contributed by atoms with Crippen LogP contribution >= 0.6 is 11.3 Å². The van der Waals surface area contributed by atoms with E-state index in [2.05, 4.69) is 10.1 Å². The molecule has 0 N–H and O–H groups in total. The van der Waals surface area contributed by atoms with Crippen molar-refractivity contribution >= 4 is 33.8 Å². The zero-order chi connectivity index (χ0) is 15.8. The summed E-state index contributed by atoms with van der Waals surface area (Å²) in [5, 5.41) is 6.76. The molecule has 5 nitrogen and oxygen atoms in total. The minimum absolute atomic E-state index is 0.150. The van der Waals surface area contributed by atoms with Gasteiger partial charge in [-0.05, 0) is 30.5 Å². The third-order valence-electron chi connectivity index (χ3n) is 3.63. The normalized spacial score (nSPS) is 13.9. The van der Waals surface area contributed by atoms with Gasteiger partial charge in [-0.3, -0.25) is 4.79 Å². The first kappa shape index (κ1) is 13.9. The van der Waals surface area contributed by atoms with Crippen LogP contribution in [0.5, 0.6) is 5.75 Å². The van der Waals surface area contributed by atoms with Crippen molar-refractivity contribution in [3.63, 3.8) is 0 Å². The lowest BCUT2D eigenvalue weighted by Gasteiger charge is -2.15. The number of thiophene rings is 1. The molecule has 6 heteroatoms. The van der Waals surface area contributed by atoms with E-state index in [0.29, 0.717) is 17.8 Å². The zero-order valence-corrected chi connectivity index (χ0v) is 13.2. The second kappa shape index (κ2) is 5.48. The molecular formula is C17H13N3O2S. The summed E-state index contributed by atoms with van der Waals surface area (Å²) in [6.07, 6.45) is 3.67. The quantitative estimate of drug-likeness (QED) is 0.681. The maximum atomic E-state index is 12.4. The van der Waals surface area contributed by atoms with Gasteiger partial charge >= 0.3 is 0 Å². The lowest BCUT2D eigenvalue weighted by molar-refractivity contribution is 0.353. The van der Waals surface area contributed by atoms with E-state index in [1.54, 1.807) is 19.2 Å². The van der Waals surface area contributed by atoms with E-state index in [1.165, 1.54) is 16.0 Å². The Balaban J connectivity index is 1.73. The van der Waals surface area contributed by atoms with Crippen molar-refractivity contribution in [2.75, 3.05) is 6.61 Å². The van der Waals surface area contributed by atoms with Gasteiger partial charge in [-0.1, -0.05) is 18.2 Å². The van der Waals surface area contributed by atoms with E-state index in [-0.39, 0.29) is 5.56 Å². The molecule has 0 aliphatic carbocycles. The van der Waals surface area contributed by atoms with Crippen LogP contribution in [0.3, 0.4) is 0 Å². The maximum absolute atomic E-state index is 12.4. The molecule has 23 heavy (non-hydrogen) atoms. The highest BCUT2D eigenvalue weighted by Crippen LogP contribution is 2.25. The van der Waals surface area contributed by atoms with Crippen LogP contribution in [0.25, 0.3) is 16.3 Å². The molecule has 0 saturated heterocycles. The third-order valence-corrected chi connectivity index (χ3v) is 4.44. The van der Waals surface area contributed by atoms with Gasteiger partial charge in [0.05, 0.1) is 11.6 Å². The second-order valence-corrected chi connectivity index (χ2v) is 6.10. The SMILES string of the molecule is Cc1nc2sccc2c(=O)n1N=CC1=Cc2ccccc2OC1. The fourth-order valence-corrected chi connectivity index (χ4v) is 3.28. The number of fused-ring (bicyclic) bond motifs is 2. The second-order valence-electron chi connectivity index (χ2n) is 5.21. The standard InChI is InChI=1S/C17H13N3O2S/c1-11-19-16-14(6-7-23-16)17(21)20(11)18-9-12-8-13-4-2-3-5-15(13)22-10-12/h2-9H,10H2,1H3. The fraction of sp³-hybridized carbons (Fsp3) is 0.118. The number of benzene rings is 1. The molecule has 3 heterocycles. The molecule has 0 amide bonds. The Bertz CT molecular complexity index is 1010. The number of aromatic nitrogens is 2. The van der Waals surface area contributed by atoms with Crippen LogP contribution in [0.15, 0.2) is 51.2 Å². The first-order valence-corrected chi connectivity index (χ1v) is 8.04. The number of hydrogen-bond acceptors (Lipinski definition) is 5. The lowest BCUT2D eigenvalue weighted by Crippen LogP contribution is -2.20. The van der Waals surface area contributed by atoms with E-state index in [4.69, 9.17) is 4.74 Å². The van der Waals surface area contributed by atoms with Crippen LogP contribution in [-0.2, 0) is 0 Å². The van der Waals surface area contributed by atoms with Crippen LogP contribution in [-0.4, -0.2) is 22.5 Å². The predicted octanol–water partition coefficient (Wildman–Crippen LogP) is 3.08. The Morgan fingerprint density at radius 3 is 3.13 bits per heavy atom. The van der Waals surface area contributed by atoms with Crippen LogP contribution < -0.4 is 10.3 Å². The van der Waals surface area contributed by atoms with Crippen molar-refractivity contribution in [1.82, 2.24) is 9.66 Å². The van der Waals surface area contributed by atoms with Gasteiger partial charge in [0.25, 0.3) is 5.56 Å². The van der Waals surface area contributed by atoms with E-state index in [1.807, 2.05) is 35.7 Å². The maximum Gasteiger partial charge on any atom is 0.282 e. The molecule has 4 rings (SSSR count). The average Bonchev–Trinajstić information content (AvgIpc) is 3.03. The highest BCUT2D eigenvalue weighted by molar-refractivity contribution is 7.16. The number of rotatable bonds is 2. The summed E-state index contributed by atoms with van der Waals surface area (Å²) in [5.74, 6) is 1.43. The summed E-state index contributed by atoms with van der Waals surface area (Å²) in [6, 6.07) is 9.60. The van der Waals surface area contributed by atoms with E-state index in [9.17, 15) is 4.79 Å². The number of ether oxygens (including phenoxy) is 1. The van der Waals surface area contributed by atoms with Gasteiger partial charge in [0.2, 0.25) is 0 Å². The van der Waals surface area contributed by atoms with Crippen LogP contribution in [0.2, 0.25) is 0 Å². The highest BCUT2D eigenvalue weighted by atomic mass is 32.1. The van der Waals surface area contributed by atoms with Gasteiger partial charge in [0.15, 0.2) is 0 Å². The van der Waals surface area contributed by atoms with Crippen molar-refractivity contribution in [3.05, 3.63) is 63.0 Å². The summed E-state index contributed by atoms with van der Waals surface area (Å²) in [7, 11) is 0.